The van der Waals surface area contributed by atoms with Gasteiger partial charge in [-0.15, -0.1) is 0 Å². The van der Waals surface area contributed by atoms with Gasteiger partial charge in [-0.1, -0.05) is 0 Å². The van der Waals surface area contributed by atoms with Crippen molar-refractivity contribution in [2.45, 2.75) is 12.2 Å². The van der Waals surface area contributed by atoms with Crippen LogP contribution in [0.2, 0.25) is 0 Å². The summed E-state index contributed by atoms with van der Waals surface area (Å²) >= 11 is 1.61. The predicted octanol–water partition coefficient (Wildman–Crippen LogP) is -2.08. The molecular formula is C6H8INaO5S. The number of hydrogen-bond donors (Lipinski definition) is 1. The first kappa shape index (κ1) is 17.3. The van der Waals surface area contributed by atoms with Gasteiger partial charge in [-0.25, -0.2) is 4.79 Å². The normalized spacial score (nSPS) is 19.9. The van der Waals surface area contributed by atoms with E-state index >= 15 is 0 Å². The topological polar surface area (TPSA) is 80.7 Å². The van der Waals surface area contributed by atoms with Crippen LogP contribution in [0.3, 0.4) is 0 Å². The molecule has 0 aliphatic carbocycles. The molecule has 5 nitrogen and oxygen atoms in total. The van der Waals surface area contributed by atoms with E-state index < -0.39 is 21.3 Å². The molecule has 0 aromatic heterocycles. The molecule has 1 atom stereocenters. The van der Waals surface area contributed by atoms with E-state index in [4.69, 9.17) is 4.55 Å². The molecule has 0 saturated carbocycles. The van der Waals surface area contributed by atoms with Crippen molar-refractivity contribution in [3.05, 3.63) is 16.8 Å². The van der Waals surface area contributed by atoms with Crippen molar-refractivity contribution in [2.75, 3.05) is 0 Å². The molecule has 1 rings (SSSR count). The fourth-order valence-corrected chi connectivity index (χ4v) is 2.60. The van der Waals surface area contributed by atoms with E-state index in [1.54, 1.807) is 29.5 Å². The third-order valence-electron chi connectivity index (χ3n) is 1.05. The molecule has 8 heteroatoms. The summed E-state index contributed by atoms with van der Waals surface area (Å²) in [5, 5.41) is -1.54. The molecule has 0 aromatic carbocycles. The summed E-state index contributed by atoms with van der Waals surface area (Å²) < 4.78 is 33.8. The zero-order valence-electron chi connectivity index (χ0n) is 7.73. The minimum atomic E-state index is -4.35. The number of rotatable bonds is 1. The Bertz CT molecular complexity index is 323. The Kier molecular flexibility index (Phi) is 8.84. The smallest absolute Gasteiger partial charge is 0.432 e. The summed E-state index contributed by atoms with van der Waals surface area (Å²) in [6, 6.07) is 0. The molecule has 0 aromatic rings. The van der Waals surface area contributed by atoms with Gasteiger partial charge in [0.2, 0.25) is 5.25 Å². The monoisotopic (exact) mass is 342 g/mol. The Hall–Kier alpha value is 0.850. The van der Waals surface area contributed by atoms with Gasteiger partial charge in [0, 0.05) is 0 Å². The molecule has 1 aliphatic rings. The van der Waals surface area contributed by atoms with Crippen LogP contribution in [0, 0.1) is 6.92 Å². The second-order valence-corrected chi connectivity index (χ2v) is 4.58. The Balaban J connectivity index is 0. The molecule has 0 radical (unpaired) electrons. The van der Waals surface area contributed by atoms with Gasteiger partial charge in [0.15, 0.2) is 0 Å². The Morgan fingerprint density at radius 3 is 2.14 bits per heavy atom. The van der Waals surface area contributed by atoms with Gasteiger partial charge in [-0.2, -0.15) is 15.3 Å². The van der Waals surface area contributed by atoms with E-state index in [9.17, 15) is 13.2 Å². The zero-order chi connectivity index (χ0) is 10.6. The Morgan fingerprint density at radius 2 is 2.00 bits per heavy atom. The van der Waals surface area contributed by atoms with Crippen LogP contribution in [-0.2, 0) is 19.6 Å². The van der Waals surface area contributed by atoms with E-state index in [1.165, 1.54) is 0 Å². The van der Waals surface area contributed by atoms with Crippen LogP contribution in [0.25, 0.3) is 0 Å². The number of carbonyl (C=O) groups excluding carboxylic acids is 1. The first-order chi connectivity index (χ1) is 5.93. The second kappa shape index (κ2) is 7.18. The summed E-state index contributed by atoms with van der Waals surface area (Å²) in [7, 11) is -4.35. The SMILES string of the molecule is O=C1OC=C(I)C1S(=O)(=O)O.[CH2-]C.[Na+]. The molecular weight excluding hydrogens is 334 g/mol. The average Bonchev–Trinajstić information content (AvgIpc) is 2.33. The Labute approximate surface area is 118 Å². The fourth-order valence-electron chi connectivity index (χ4n) is 0.614. The van der Waals surface area contributed by atoms with E-state index in [1.807, 2.05) is 0 Å². The van der Waals surface area contributed by atoms with Crippen molar-refractivity contribution in [2.24, 2.45) is 0 Å². The largest absolute Gasteiger partial charge is 1.00 e. The minimum absolute atomic E-state index is 0. The average molecular weight is 342 g/mol. The standard InChI is InChI=1S/C4H3IO5S.C2H5.Na/c5-2-1-10-4(6)3(2)11(7,8)9;1-2;/h1,3H,(H,7,8,9);1H2,2H3;/q;-1;+1. The molecule has 0 amide bonds. The fraction of sp³-hybridized carbons (Fsp3) is 0.333. The second-order valence-electron chi connectivity index (χ2n) is 1.83. The molecule has 0 bridgehead atoms. The van der Waals surface area contributed by atoms with E-state index in [2.05, 4.69) is 11.7 Å². The van der Waals surface area contributed by atoms with Gasteiger partial charge < -0.3 is 11.7 Å². The molecule has 1 unspecified atom stereocenters. The van der Waals surface area contributed by atoms with Crippen LogP contribution in [0.5, 0.6) is 0 Å². The third kappa shape index (κ3) is 4.58. The number of carbonyl (C=O) groups is 1. The van der Waals surface area contributed by atoms with Crippen LogP contribution < -0.4 is 29.6 Å². The molecule has 0 spiro atoms. The van der Waals surface area contributed by atoms with Crippen LogP contribution in [0.1, 0.15) is 6.92 Å². The van der Waals surface area contributed by atoms with Gasteiger partial charge in [0.05, 0.1) is 3.58 Å². The first-order valence-corrected chi connectivity index (χ1v) is 5.74. The summed E-state index contributed by atoms with van der Waals surface area (Å²) in [4.78, 5) is 10.6. The maximum atomic E-state index is 10.6. The van der Waals surface area contributed by atoms with Crippen molar-refractivity contribution in [3.63, 3.8) is 0 Å². The van der Waals surface area contributed by atoms with Crippen molar-refractivity contribution >= 4 is 38.7 Å². The van der Waals surface area contributed by atoms with Crippen molar-refractivity contribution in [1.82, 2.24) is 0 Å². The van der Waals surface area contributed by atoms with E-state index in [0.717, 1.165) is 6.26 Å². The van der Waals surface area contributed by atoms with Crippen LogP contribution in [-0.4, -0.2) is 24.2 Å². The maximum absolute atomic E-state index is 10.6. The number of ether oxygens (including phenoxy) is 1. The van der Waals surface area contributed by atoms with Gasteiger partial charge >= 0.3 is 35.5 Å². The number of hydrogen-bond acceptors (Lipinski definition) is 4. The summed E-state index contributed by atoms with van der Waals surface area (Å²) in [6.45, 7) is 5.00. The van der Waals surface area contributed by atoms with Crippen molar-refractivity contribution in [1.29, 1.82) is 0 Å². The first-order valence-electron chi connectivity index (χ1n) is 3.16. The molecule has 0 saturated heterocycles. The van der Waals surface area contributed by atoms with Gasteiger partial charge in [-0.05, 0) is 22.6 Å². The molecule has 14 heavy (non-hydrogen) atoms. The number of esters is 1. The van der Waals surface area contributed by atoms with E-state index in [-0.39, 0.29) is 33.1 Å². The quantitative estimate of drug-likeness (QED) is 0.195. The number of halogens is 1. The van der Waals surface area contributed by atoms with Crippen LogP contribution >= 0.6 is 22.6 Å². The molecule has 0 fully saturated rings. The predicted molar refractivity (Wildman–Crippen MR) is 54.6 cm³/mol. The van der Waals surface area contributed by atoms with Crippen molar-refractivity contribution in [3.8, 4) is 0 Å². The zero-order valence-corrected chi connectivity index (χ0v) is 12.7. The summed E-state index contributed by atoms with van der Waals surface area (Å²) in [5.74, 6) is -0.961. The number of cyclic esters (lactones) is 1. The van der Waals surface area contributed by atoms with Crippen LogP contribution in [0.15, 0.2) is 9.84 Å². The molecule has 1 heterocycles. The van der Waals surface area contributed by atoms with Gasteiger partial charge in [0.25, 0.3) is 10.1 Å². The minimum Gasteiger partial charge on any atom is -0.432 e. The van der Waals surface area contributed by atoms with Crippen molar-refractivity contribution < 1.29 is 52.1 Å². The van der Waals surface area contributed by atoms with Gasteiger partial charge in [-0.3, -0.25) is 4.55 Å². The molecule has 76 valence electrons. The Morgan fingerprint density at radius 1 is 1.57 bits per heavy atom. The van der Waals surface area contributed by atoms with Crippen LogP contribution in [0.4, 0.5) is 0 Å². The summed E-state index contributed by atoms with van der Waals surface area (Å²) in [6.07, 6.45) is 1.00. The maximum Gasteiger partial charge on any atom is 1.00 e. The van der Waals surface area contributed by atoms with E-state index in [0.29, 0.717) is 0 Å². The third-order valence-corrected chi connectivity index (χ3v) is 3.39. The summed E-state index contributed by atoms with van der Waals surface area (Å²) in [5.41, 5.74) is 0. The van der Waals surface area contributed by atoms with Gasteiger partial charge in [0.1, 0.15) is 6.26 Å². The molecule has 1 aliphatic heterocycles. The molecule has 1 N–H and O–H groups in total.